The number of amides is 1. The van der Waals surface area contributed by atoms with Crippen LogP contribution in [0.2, 0.25) is 0 Å². The summed E-state index contributed by atoms with van der Waals surface area (Å²) >= 11 is 1.78. The first-order valence-corrected chi connectivity index (χ1v) is 12.9. The smallest absolute Gasteiger partial charge is 0.225 e. The van der Waals surface area contributed by atoms with Crippen molar-refractivity contribution < 1.29 is 4.79 Å². The molecule has 0 radical (unpaired) electrons. The standard InChI is InChI=1S/C23H38N6OS.HI/c1-24-23(26-21-5-9-28(10-6-21)17-19-7-16-31-18-19)25-8-11-27-12-14-29(15-13-27)22(30)20-3-2-4-20;/h7,16,18,20-21H,2-6,8-15,17H2,1H3,(H2,24,25,26);1H. The summed E-state index contributed by atoms with van der Waals surface area (Å²) in [6.45, 7) is 8.94. The van der Waals surface area contributed by atoms with Gasteiger partial charge in [0.2, 0.25) is 5.91 Å². The van der Waals surface area contributed by atoms with Gasteiger partial charge in [-0.3, -0.25) is 19.6 Å². The van der Waals surface area contributed by atoms with E-state index in [-0.39, 0.29) is 24.0 Å². The summed E-state index contributed by atoms with van der Waals surface area (Å²) in [6, 6.07) is 2.72. The van der Waals surface area contributed by atoms with E-state index in [2.05, 4.69) is 47.2 Å². The lowest BCUT2D eigenvalue weighted by Crippen LogP contribution is -2.53. The number of hydrogen-bond donors (Lipinski definition) is 2. The number of carbonyl (C=O) groups excluding carboxylic acids is 1. The van der Waals surface area contributed by atoms with E-state index in [4.69, 9.17) is 0 Å². The topological polar surface area (TPSA) is 63.2 Å². The average Bonchev–Trinajstić information content (AvgIpc) is 3.26. The molecule has 0 bridgehead atoms. The van der Waals surface area contributed by atoms with Gasteiger partial charge in [-0.15, -0.1) is 24.0 Å². The number of hydrogen-bond acceptors (Lipinski definition) is 5. The molecule has 3 fully saturated rings. The molecule has 0 spiro atoms. The van der Waals surface area contributed by atoms with Crippen molar-refractivity contribution in [2.75, 3.05) is 59.4 Å². The first-order chi connectivity index (χ1) is 15.2. The van der Waals surface area contributed by atoms with Crippen LogP contribution in [0.4, 0.5) is 0 Å². The molecule has 0 unspecified atom stereocenters. The van der Waals surface area contributed by atoms with E-state index < -0.39 is 0 Å². The zero-order valence-corrected chi connectivity index (χ0v) is 22.4. The van der Waals surface area contributed by atoms with Crippen LogP contribution in [0.5, 0.6) is 0 Å². The Labute approximate surface area is 214 Å². The highest BCUT2D eigenvalue weighted by Crippen LogP contribution is 2.28. The summed E-state index contributed by atoms with van der Waals surface area (Å²) in [7, 11) is 1.85. The molecule has 9 heteroatoms. The van der Waals surface area contributed by atoms with Crippen molar-refractivity contribution in [1.29, 1.82) is 0 Å². The minimum Gasteiger partial charge on any atom is -0.355 e. The van der Waals surface area contributed by atoms with Gasteiger partial charge in [0.25, 0.3) is 0 Å². The van der Waals surface area contributed by atoms with Crippen molar-refractivity contribution >= 4 is 47.2 Å². The van der Waals surface area contributed by atoms with Gasteiger partial charge in [0, 0.05) is 77.9 Å². The van der Waals surface area contributed by atoms with Crippen molar-refractivity contribution in [1.82, 2.24) is 25.3 Å². The molecule has 1 aromatic rings. The highest BCUT2D eigenvalue weighted by Gasteiger charge is 2.31. The molecular formula is C23H39IN6OS. The van der Waals surface area contributed by atoms with Crippen LogP contribution < -0.4 is 10.6 Å². The SMILES string of the molecule is CN=C(NCCN1CCN(C(=O)C2CCC2)CC1)NC1CCN(Cc2ccsc2)CC1.I. The van der Waals surface area contributed by atoms with E-state index in [0.29, 0.717) is 17.9 Å². The Bertz CT molecular complexity index is 710. The van der Waals surface area contributed by atoms with Crippen LogP contribution >= 0.6 is 35.3 Å². The molecular weight excluding hydrogens is 535 g/mol. The molecule has 32 heavy (non-hydrogen) atoms. The van der Waals surface area contributed by atoms with Gasteiger partial charge in [0.1, 0.15) is 0 Å². The van der Waals surface area contributed by atoms with Crippen molar-refractivity contribution in [2.24, 2.45) is 10.9 Å². The lowest BCUT2D eigenvalue weighted by Gasteiger charge is -2.38. The Hall–Kier alpha value is -0.910. The van der Waals surface area contributed by atoms with E-state index in [1.807, 2.05) is 7.05 Å². The largest absolute Gasteiger partial charge is 0.355 e. The second-order valence-corrected chi connectivity index (χ2v) is 9.90. The fourth-order valence-corrected chi connectivity index (χ4v) is 5.36. The van der Waals surface area contributed by atoms with Crippen LogP contribution in [0, 0.1) is 5.92 Å². The maximum atomic E-state index is 12.4. The fraction of sp³-hybridized carbons (Fsp3) is 0.739. The van der Waals surface area contributed by atoms with E-state index in [0.717, 1.165) is 90.5 Å². The highest BCUT2D eigenvalue weighted by molar-refractivity contribution is 14.0. The second-order valence-electron chi connectivity index (χ2n) is 9.12. The van der Waals surface area contributed by atoms with Gasteiger partial charge in [-0.05, 0) is 48.1 Å². The first-order valence-electron chi connectivity index (χ1n) is 11.9. The number of nitrogens with zero attached hydrogens (tertiary/aromatic N) is 4. The number of thiophene rings is 1. The molecule has 2 aliphatic heterocycles. The molecule has 4 rings (SSSR count). The predicted molar refractivity (Wildman–Crippen MR) is 143 cm³/mol. The van der Waals surface area contributed by atoms with Crippen molar-refractivity contribution in [3.63, 3.8) is 0 Å². The number of likely N-dealkylation sites (tertiary alicyclic amines) is 1. The van der Waals surface area contributed by atoms with Gasteiger partial charge in [-0.2, -0.15) is 11.3 Å². The van der Waals surface area contributed by atoms with Crippen LogP contribution in [0.25, 0.3) is 0 Å². The van der Waals surface area contributed by atoms with E-state index >= 15 is 0 Å². The molecule has 2 saturated heterocycles. The summed E-state index contributed by atoms with van der Waals surface area (Å²) < 4.78 is 0. The molecule has 1 saturated carbocycles. The normalized spacial score (nSPS) is 21.7. The van der Waals surface area contributed by atoms with Gasteiger partial charge in [0.05, 0.1) is 0 Å². The summed E-state index contributed by atoms with van der Waals surface area (Å²) in [5, 5.41) is 11.5. The number of guanidine groups is 1. The summed E-state index contributed by atoms with van der Waals surface area (Å²) in [4.78, 5) is 23.9. The monoisotopic (exact) mass is 574 g/mol. The molecule has 0 aromatic carbocycles. The van der Waals surface area contributed by atoms with E-state index in [9.17, 15) is 4.79 Å². The summed E-state index contributed by atoms with van der Waals surface area (Å²) in [5.74, 6) is 1.63. The van der Waals surface area contributed by atoms with Crippen LogP contribution in [0.1, 0.15) is 37.7 Å². The Morgan fingerprint density at radius 2 is 1.84 bits per heavy atom. The third kappa shape index (κ3) is 7.30. The lowest BCUT2D eigenvalue weighted by atomic mass is 9.84. The van der Waals surface area contributed by atoms with E-state index in [1.165, 1.54) is 12.0 Å². The average molecular weight is 575 g/mol. The molecule has 1 amide bonds. The van der Waals surface area contributed by atoms with Crippen LogP contribution in [0.3, 0.4) is 0 Å². The first kappa shape index (κ1) is 25.7. The third-order valence-electron chi connectivity index (χ3n) is 7.00. The minimum atomic E-state index is 0. The number of aliphatic imine (C=N–C) groups is 1. The summed E-state index contributed by atoms with van der Waals surface area (Å²) in [5.41, 5.74) is 1.43. The number of nitrogens with one attached hydrogen (secondary N) is 2. The van der Waals surface area contributed by atoms with Gasteiger partial charge < -0.3 is 15.5 Å². The molecule has 1 aromatic heterocycles. The van der Waals surface area contributed by atoms with Gasteiger partial charge in [-0.1, -0.05) is 6.42 Å². The van der Waals surface area contributed by atoms with Crippen molar-refractivity contribution in [2.45, 2.75) is 44.7 Å². The second kappa shape index (κ2) is 13.1. The zero-order valence-electron chi connectivity index (χ0n) is 19.3. The fourth-order valence-electron chi connectivity index (χ4n) is 4.70. The van der Waals surface area contributed by atoms with Crippen molar-refractivity contribution in [3.05, 3.63) is 22.4 Å². The molecule has 0 atom stereocenters. The zero-order chi connectivity index (χ0) is 21.5. The van der Waals surface area contributed by atoms with Gasteiger partial charge in [0.15, 0.2) is 5.96 Å². The Morgan fingerprint density at radius 1 is 1.09 bits per heavy atom. The maximum Gasteiger partial charge on any atom is 0.225 e. The highest BCUT2D eigenvalue weighted by atomic mass is 127. The van der Waals surface area contributed by atoms with Crippen LogP contribution in [0.15, 0.2) is 21.8 Å². The quantitative estimate of drug-likeness (QED) is 0.298. The number of halogens is 1. The number of carbonyl (C=O) groups is 1. The Kier molecular flexibility index (Phi) is 10.5. The van der Waals surface area contributed by atoms with E-state index in [1.54, 1.807) is 11.3 Å². The Morgan fingerprint density at radius 3 is 2.44 bits per heavy atom. The van der Waals surface area contributed by atoms with Crippen LogP contribution in [-0.2, 0) is 11.3 Å². The predicted octanol–water partition coefficient (Wildman–Crippen LogP) is 2.44. The lowest BCUT2D eigenvalue weighted by molar-refractivity contribution is -0.139. The molecule has 2 N–H and O–H groups in total. The molecule has 7 nitrogen and oxygen atoms in total. The number of piperidine rings is 1. The molecule has 1 aliphatic carbocycles. The summed E-state index contributed by atoms with van der Waals surface area (Å²) in [6.07, 6.45) is 5.74. The van der Waals surface area contributed by atoms with Gasteiger partial charge >= 0.3 is 0 Å². The van der Waals surface area contributed by atoms with Crippen molar-refractivity contribution in [3.8, 4) is 0 Å². The maximum absolute atomic E-state index is 12.4. The molecule has 180 valence electrons. The van der Waals surface area contributed by atoms with Crippen LogP contribution in [-0.4, -0.2) is 92.0 Å². The third-order valence-corrected chi connectivity index (χ3v) is 7.73. The number of rotatable bonds is 7. The minimum absolute atomic E-state index is 0. The molecule has 3 aliphatic rings. The number of piperazine rings is 1. The Balaban J connectivity index is 0.00000289. The van der Waals surface area contributed by atoms with Gasteiger partial charge in [-0.25, -0.2) is 0 Å². The molecule has 3 heterocycles.